The number of hydrogen-bond acceptors (Lipinski definition) is 3. The number of carbonyl (C=O) groups excluding carboxylic acids is 1. The lowest BCUT2D eigenvalue weighted by Gasteiger charge is -2.11. The van der Waals surface area contributed by atoms with Gasteiger partial charge in [-0.15, -0.1) is 23.2 Å². The average Bonchev–Trinajstić information content (AvgIpc) is 2.28. The Morgan fingerprint density at radius 1 is 1.58 bits per heavy atom. The predicted octanol–water partition coefficient (Wildman–Crippen LogP) is 1.81. The van der Waals surface area contributed by atoms with Crippen LogP contribution in [-0.2, 0) is 14.3 Å². The van der Waals surface area contributed by atoms with E-state index in [2.05, 4.69) is 4.74 Å². The third kappa shape index (κ3) is 1.69. The second-order valence-corrected chi connectivity index (χ2v) is 3.52. The van der Waals surface area contributed by atoms with E-state index < -0.39 is 17.1 Å². The van der Waals surface area contributed by atoms with Crippen molar-refractivity contribution in [3.05, 3.63) is 10.6 Å². The summed E-state index contributed by atoms with van der Waals surface area (Å²) in [5.74, 6) is -0.662. The summed E-state index contributed by atoms with van der Waals surface area (Å²) < 4.78 is 9.43. The van der Waals surface area contributed by atoms with Crippen LogP contribution in [0.1, 0.15) is 0 Å². The minimum absolute atomic E-state index is 0.100. The number of halogens is 3. The van der Waals surface area contributed by atoms with Crippen molar-refractivity contribution in [3.8, 4) is 0 Å². The molecular weight excluding hydrogens is 226 g/mol. The van der Waals surface area contributed by atoms with Crippen LogP contribution in [-0.4, -0.2) is 24.2 Å². The maximum Gasteiger partial charge on any atom is 0.352 e. The lowest BCUT2D eigenvalue weighted by atomic mass is 10.3. The lowest BCUT2D eigenvalue weighted by molar-refractivity contribution is -0.155. The first-order valence-electron chi connectivity index (χ1n) is 2.99. The highest BCUT2D eigenvalue weighted by molar-refractivity contribution is 6.49. The molecular formula is C6H5Cl3O3. The highest BCUT2D eigenvalue weighted by atomic mass is 35.5. The van der Waals surface area contributed by atoms with Gasteiger partial charge in [0.2, 0.25) is 6.29 Å². The van der Waals surface area contributed by atoms with Crippen LogP contribution in [0.5, 0.6) is 0 Å². The van der Waals surface area contributed by atoms with Gasteiger partial charge < -0.3 is 9.47 Å². The Balaban J connectivity index is 2.95. The quantitative estimate of drug-likeness (QED) is 0.537. The summed E-state index contributed by atoms with van der Waals surface area (Å²) in [6, 6.07) is 0. The fourth-order valence-corrected chi connectivity index (χ4v) is 1.59. The van der Waals surface area contributed by atoms with Gasteiger partial charge in [0.1, 0.15) is 9.87 Å². The van der Waals surface area contributed by atoms with Crippen LogP contribution in [0.15, 0.2) is 10.6 Å². The van der Waals surface area contributed by atoms with Gasteiger partial charge >= 0.3 is 5.97 Å². The van der Waals surface area contributed by atoms with Gasteiger partial charge in [0.15, 0.2) is 0 Å². The molecule has 0 aromatic rings. The number of alkyl halides is 2. The molecule has 1 unspecified atom stereocenters. The van der Waals surface area contributed by atoms with E-state index in [9.17, 15) is 4.79 Å². The van der Waals surface area contributed by atoms with Gasteiger partial charge in [0.05, 0.1) is 5.57 Å². The first-order valence-corrected chi connectivity index (χ1v) is 4.24. The Hall–Kier alpha value is 0.0400. The Morgan fingerprint density at radius 2 is 2.17 bits per heavy atom. The van der Waals surface area contributed by atoms with Crippen LogP contribution in [0.2, 0.25) is 0 Å². The zero-order valence-corrected chi connectivity index (χ0v) is 8.28. The topological polar surface area (TPSA) is 35.5 Å². The van der Waals surface area contributed by atoms with E-state index in [1.807, 2.05) is 0 Å². The molecule has 0 N–H and O–H groups in total. The van der Waals surface area contributed by atoms with Crippen molar-refractivity contribution < 1.29 is 14.3 Å². The molecule has 0 spiro atoms. The molecule has 12 heavy (non-hydrogen) atoms. The molecule has 1 aliphatic rings. The molecule has 0 amide bonds. The summed E-state index contributed by atoms with van der Waals surface area (Å²) in [6.07, 6.45) is -0.856. The van der Waals surface area contributed by atoms with Gasteiger partial charge in [-0.2, -0.15) is 0 Å². The van der Waals surface area contributed by atoms with Crippen molar-refractivity contribution >= 4 is 40.8 Å². The van der Waals surface area contributed by atoms with Crippen molar-refractivity contribution in [2.75, 3.05) is 7.11 Å². The van der Waals surface area contributed by atoms with Gasteiger partial charge in [-0.25, -0.2) is 4.79 Å². The van der Waals surface area contributed by atoms with E-state index in [0.29, 0.717) is 0 Å². The number of rotatable bonds is 2. The first-order chi connectivity index (χ1) is 5.57. The molecule has 1 atom stereocenters. The summed E-state index contributed by atoms with van der Waals surface area (Å²) in [5, 5.41) is -0.100. The number of cyclic esters (lactones) is 1. The van der Waals surface area contributed by atoms with E-state index in [1.165, 1.54) is 7.11 Å². The summed E-state index contributed by atoms with van der Waals surface area (Å²) in [4.78, 5) is 9.95. The molecule has 0 bridgehead atoms. The van der Waals surface area contributed by atoms with Crippen LogP contribution in [0.4, 0.5) is 0 Å². The molecule has 68 valence electrons. The number of methoxy groups -OCH3 is 1. The fraction of sp³-hybridized carbons (Fsp3) is 0.500. The van der Waals surface area contributed by atoms with E-state index in [4.69, 9.17) is 39.5 Å². The number of ether oxygens (including phenoxy) is 2. The molecule has 1 aliphatic heterocycles. The van der Waals surface area contributed by atoms with E-state index >= 15 is 0 Å². The summed E-state index contributed by atoms with van der Waals surface area (Å²) in [5.41, 5.74) is 0.257. The Bertz CT molecular complexity index is 236. The SMILES string of the molecule is COC1OC(=O)C(Cl)=C1C(Cl)Cl. The second kappa shape index (κ2) is 3.83. The fourth-order valence-electron chi connectivity index (χ4n) is 0.807. The molecule has 3 nitrogen and oxygen atoms in total. The van der Waals surface area contributed by atoms with Gasteiger partial charge in [-0.1, -0.05) is 11.6 Å². The minimum Gasteiger partial charge on any atom is -0.427 e. The average molecular weight is 231 g/mol. The third-order valence-electron chi connectivity index (χ3n) is 1.35. The standard InChI is InChI=1S/C6H5Cl3O3/c1-11-6-2(4(8)9)3(7)5(10)12-6/h4,6H,1H3. The van der Waals surface area contributed by atoms with Gasteiger partial charge in [0.25, 0.3) is 0 Å². The van der Waals surface area contributed by atoms with Gasteiger partial charge in [-0.3, -0.25) is 0 Å². The smallest absolute Gasteiger partial charge is 0.352 e. The van der Waals surface area contributed by atoms with Crippen LogP contribution in [0, 0.1) is 0 Å². The molecule has 6 heteroatoms. The lowest BCUT2D eigenvalue weighted by Crippen LogP contribution is -2.16. The van der Waals surface area contributed by atoms with Crippen molar-refractivity contribution in [1.82, 2.24) is 0 Å². The Kier molecular flexibility index (Phi) is 3.23. The number of esters is 1. The zero-order valence-electron chi connectivity index (χ0n) is 6.01. The van der Waals surface area contributed by atoms with Crippen LogP contribution >= 0.6 is 34.8 Å². The number of hydrogen-bond donors (Lipinski definition) is 0. The van der Waals surface area contributed by atoms with E-state index in [1.54, 1.807) is 0 Å². The molecule has 0 saturated carbocycles. The van der Waals surface area contributed by atoms with Crippen LogP contribution in [0.3, 0.4) is 0 Å². The summed E-state index contributed by atoms with van der Waals surface area (Å²) >= 11 is 16.6. The molecule has 0 aromatic heterocycles. The molecule has 0 saturated heterocycles. The minimum atomic E-state index is -0.895. The summed E-state index contributed by atoms with van der Waals surface area (Å²) in [7, 11) is 1.36. The van der Waals surface area contributed by atoms with Crippen molar-refractivity contribution in [2.24, 2.45) is 0 Å². The Morgan fingerprint density at radius 3 is 2.50 bits per heavy atom. The maximum atomic E-state index is 10.8. The van der Waals surface area contributed by atoms with E-state index in [0.717, 1.165) is 0 Å². The largest absolute Gasteiger partial charge is 0.427 e. The normalized spacial score (nSPS) is 23.8. The predicted molar refractivity (Wildman–Crippen MR) is 45.3 cm³/mol. The van der Waals surface area contributed by atoms with E-state index in [-0.39, 0.29) is 10.6 Å². The first kappa shape index (κ1) is 10.1. The number of carbonyl (C=O) groups is 1. The molecule has 0 fully saturated rings. The van der Waals surface area contributed by atoms with Crippen LogP contribution in [0.25, 0.3) is 0 Å². The maximum absolute atomic E-state index is 10.8. The molecule has 1 rings (SSSR count). The van der Waals surface area contributed by atoms with Gasteiger partial charge in [-0.05, 0) is 0 Å². The third-order valence-corrected chi connectivity index (χ3v) is 2.19. The molecule has 0 radical (unpaired) electrons. The monoisotopic (exact) mass is 230 g/mol. The second-order valence-electron chi connectivity index (χ2n) is 2.04. The van der Waals surface area contributed by atoms with Crippen molar-refractivity contribution in [1.29, 1.82) is 0 Å². The summed E-state index contributed by atoms with van der Waals surface area (Å²) in [6.45, 7) is 0. The Labute approximate surface area is 84.2 Å². The molecule has 0 aliphatic carbocycles. The highest BCUT2D eigenvalue weighted by Gasteiger charge is 2.36. The molecule has 1 heterocycles. The van der Waals surface area contributed by atoms with Gasteiger partial charge in [0, 0.05) is 7.11 Å². The highest BCUT2D eigenvalue weighted by Crippen LogP contribution is 2.32. The molecule has 0 aromatic carbocycles. The van der Waals surface area contributed by atoms with Crippen LogP contribution < -0.4 is 0 Å². The van der Waals surface area contributed by atoms with Crippen molar-refractivity contribution in [2.45, 2.75) is 11.1 Å². The van der Waals surface area contributed by atoms with Crippen molar-refractivity contribution in [3.63, 3.8) is 0 Å². The zero-order chi connectivity index (χ0) is 9.30.